The van der Waals surface area contributed by atoms with Crippen molar-refractivity contribution in [3.05, 3.63) is 22.4 Å². The van der Waals surface area contributed by atoms with Crippen LogP contribution in [0, 0.1) is 0 Å². The van der Waals surface area contributed by atoms with Crippen LogP contribution in [0.5, 0.6) is 0 Å². The molecule has 1 aromatic rings. The molecule has 6 heteroatoms. The molecule has 0 fully saturated rings. The number of ether oxygens (including phenoxy) is 2. The van der Waals surface area contributed by atoms with Crippen molar-refractivity contribution in [2.45, 2.75) is 26.8 Å². The molecule has 5 nitrogen and oxygen atoms in total. The summed E-state index contributed by atoms with van der Waals surface area (Å²) in [5, 5.41) is 4.52. The van der Waals surface area contributed by atoms with E-state index >= 15 is 0 Å². The summed E-state index contributed by atoms with van der Waals surface area (Å²) in [6.07, 6.45) is 0. The van der Waals surface area contributed by atoms with Crippen LogP contribution >= 0.6 is 11.3 Å². The van der Waals surface area contributed by atoms with Gasteiger partial charge in [0.05, 0.1) is 11.5 Å². The minimum absolute atomic E-state index is 0.0470. The molecule has 0 unspecified atom stereocenters. The molecule has 0 saturated carbocycles. The molecule has 1 amide bonds. The predicted octanol–water partition coefficient (Wildman–Crippen LogP) is 2.30. The SMILES string of the molecule is CCOCCOC(=NC(C)C)NC(=O)c1cccs1. The average Bonchev–Trinajstić information content (AvgIpc) is 2.87. The minimum atomic E-state index is -0.203. The van der Waals surface area contributed by atoms with Gasteiger partial charge in [-0.2, -0.15) is 0 Å². The topological polar surface area (TPSA) is 59.9 Å². The number of nitrogens with zero attached hydrogens (tertiary/aromatic N) is 1. The van der Waals surface area contributed by atoms with E-state index in [0.29, 0.717) is 24.7 Å². The maximum atomic E-state index is 11.9. The fourth-order valence-corrected chi connectivity index (χ4v) is 1.87. The molecule has 0 spiro atoms. The maximum absolute atomic E-state index is 11.9. The Hall–Kier alpha value is -1.40. The maximum Gasteiger partial charge on any atom is 0.292 e. The van der Waals surface area contributed by atoms with Crippen LogP contribution in [0.15, 0.2) is 22.5 Å². The van der Waals surface area contributed by atoms with Crippen molar-refractivity contribution >= 4 is 23.3 Å². The molecular formula is C13H20N2O3S. The number of hydrogen-bond acceptors (Lipinski definition) is 5. The summed E-state index contributed by atoms with van der Waals surface area (Å²) in [4.78, 5) is 16.8. The molecule has 0 aromatic carbocycles. The first-order chi connectivity index (χ1) is 9.13. The fourth-order valence-electron chi connectivity index (χ4n) is 1.25. The number of nitrogens with one attached hydrogen (secondary N) is 1. The Morgan fingerprint density at radius 2 is 2.26 bits per heavy atom. The molecule has 19 heavy (non-hydrogen) atoms. The highest BCUT2D eigenvalue weighted by atomic mass is 32.1. The van der Waals surface area contributed by atoms with Crippen LogP contribution in [-0.4, -0.2) is 37.8 Å². The summed E-state index contributed by atoms with van der Waals surface area (Å²) >= 11 is 1.38. The van der Waals surface area contributed by atoms with E-state index in [2.05, 4.69) is 10.3 Å². The van der Waals surface area contributed by atoms with Gasteiger partial charge in [-0.25, -0.2) is 4.99 Å². The van der Waals surface area contributed by atoms with Gasteiger partial charge in [-0.05, 0) is 32.2 Å². The lowest BCUT2D eigenvalue weighted by atomic mass is 10.4. The predicted molar refractivity (Wildman–Crippen MR) is 76.8 cm³/mol. The van der Waals surface area contributed by atoms with E-state index in [-0.39, 0.29) is 18.0 Å². The summed E-state index contributed by atoms with van der Waals surface area (Å²) in [7, 11) is 0. The number of amides is 1. The van der Waals surface area contributed by atoms with Crippen molar-refractivity contribution in [1.82, 2.24) is 5.32 Å². The molecule has 0 atom stereocenters. The van der Waals surface area contributed by atoms with Gasteiger partial charge in [-0.3, -0.25) is 10.1 Å². The van der Waals surface area contributed by atoms with Crippen LogP contribution < -0.4 is 5.32 Å². The summed E-state index contributed by atoms with van der Waals surface area (Å²) in [6, 6.07) is 3.88. The number of hydrogen-bond donors (Lipinski definition) is 1. The van der Waals surface area contributed by atoms with Gasteiger partial charge in [0, 0.05) is 12.6 Å². The first-order valence-corrected chi connectivity index (χ1v) is 7.14. The number of rotatable bonds is 6. The zero-order chi connectivity index (χ0) is 14.1. The number of carbonyl (C=O) groups is 1. The molecular weight excluding hydrogens is 264 g/mol. The molecule has 0 aliphatic carbocycles. The molecule has 106 valence electrons. The first kappa shape index (κ1) is 15.7. The molecule has 0 aliphatic heterocycles. The molecule has 0 saturated heterocycles. The smallest absolute Gasteiger partial charge is 0.292 e. The third kappa shape index (κ3) is 6.35. The second-order valence-corrected chi connectivity index (χ2v) is 4.95. The third-order valence-corrected chi connectivity index (χ3v) is 2.88. The lowest BCUT2D eigenvalue weighted by molar-refractivity contribution is 0.0924. The summed E-state index contributed by atoms with van der Waals surface area (Å²) in [5.74, 6) is -0.203. The molecule has 0 radical (unpaired) electrons. The Balaban J connectivity index is 2.52. The highest BCUT2D eigenvalue weighted by Gasteiger charge is 2.11. The molecule has 0 bridgehead atoms. The van der Waals surface area contributed by atoms with E-state index in [4.69, 9.17) is 9.47 Å². The molecule has 1 heterocycles. The summed E-state index contributed by atoms with van der Waals surface area (Å²) in [6.45, 7) is 7.24. The van der Waals surface area contributed by atoms with Crippen LogP contribution in [0.4, 0.5) is 0 Å². The molecule has 1 rings (SSSR count). The van der Waals surface area contributed by atoms with Crippen molar-refractivity contribution in [2.24, 2.45) is 4.99 Å². The van der Waals surface area contributed by atoms with E-state index in [1.807, 2.05) is 32.2 Å². The van der Waals surface area contributed by atoms with Crippen molar-refractivity contribution in [3.63, 3.8) is 0 Å². The standard InChI is InChI=1S/C13H20N2O3S/c1-4-17-7-8-18-13(14-10(2)3)15-12(16)11-6-5-9-19-11/h5-6,9-10H,4,7-8H2,1-3H3,(H,14,15,16). The second-order valence-electron chi connectivity index (χ2n) is 4.00. The largest absolute Gasteiger partial charge is 0.463 e. The van der Waals surface area contributed by atoms with E-state index in [1.165, 1.54) is 11.3 Å². The van der Waals surface area contributed by atoms with Crippen molar-refractivity contribution in [2.75, 3.05) is 19.8 Å². The Bertz CT molecular complexity index is 402. The zero-order valence-corrected chi connectivity index (χ0v) is 12.3. The lowest BCUT2D eigenvalue weighted by Crippen LogP contribution is -2.33. The third-order valence-electron chi connectivity index (χ3n) is 2.01. The molecule has 1 N–H and O–H groups in total. The van der Waals surface area contributed by atoms with Crippen LogP contribution in [0.1, 0.15) is 30.4 Å². The highest BCUT2D eigenvalue weighted by molar-refractivity contribution is 7.12. The number of aliphatic imine (C=N–C) groups is 1. The van der Waals surface area contributed by atoms with Crippen molar-refractivity contribution in [1.29, 1.82) is 0 Å². The number of amidine groups is 1. The van der Waals surface area contributed by atoms with E-state index in [1.54, 1.807) is 6.07 Å². The van der Waals surface area contributed by atoms with Gasteiger partial charge in [-0.1, -0.05) is 6.07 Å². The van der Waals surface area contributed by atoms with Gasteiger partial charge in [0.2, 0.25) is 0 Å². The van der Waals surface area contributed by atoms with Gasteiger partial charge < -0.3 is 9.47 Å². The van der Waals surface area contributed by atoms with Gasteiger partial charge in [0.25, 0.3) is 11.9 Å². The average molecular weight is 284 g/mol. The number of carbonyl (C=O) groups excluding carboxylic acids is 1. The van der Waals surface area contributed by atoms with Crippen LogP contribution in [-0.2, 0) is 9.47 Å². The van der Waals surface area contributed by atoms with Crippen molar-refractivity contribution < 1.29 is 14.3 Å². The monoisotopic (exact) mass is 284 g/mol. The fraction of sp³-hybridized carbons (Fsp3) is 0.538. The zero-order valence-electron chi connectivity index (χ0n) is 11.5. The van der Waals surface area contributed by atoms with Crippen LogP contribution in [0.3, 0.4) is 0 Å². The first-order valence-electron chi connectivity index (χ1n) is 6.26. The Morgan fingerprint density at radius 3 is 2.84 bits per heavy atom. The number of thiophene rings is 1. The van der Waals surface area contributed by atoms with Crippen molar-refractivity contribution in [3.8, 4) is 0 Å². The highest BCUT2D eigenvalue weighted by Crippen LogP contribution is 2.07. The Morgan fingerprint density at radius 1 is 1.47 bits per heavy atom. The summed E-state index contributed by atoms with van der Waals surface area (Å²) in [5.41, 5.74) is 0. The molecule has 0 aliphatic rings. The van der Waals surface area contributed by atoms with Gasteiger partial charge in [-0.15, -0.1) is 11.3 Å². The molecule has 1 aromatic heterocycles. The summed E-state index contributed by atoms with van der Waals surface area (Å²) < 4.78 is 10.6. The Kier molecular flexibility index (Phi) is 7.14. The minimum Gasteiger partial charge on any atom is -0.463 e. The second kappa shape index (κ2) is 8.66. The quantitative estimate of drug-likeness (QED) is 0.495. The van der Waals surface area contributed by atoms with Gasteiger partial charge in [0.1, 0.15) is 6.61 Å². The van der Waals surface area contributed by atoms with Crippen LogP contribution in [0.2, 0.25) is 0 Å². The normalized spacial score (nSPS) is 11.7. The lowest BCUT2D eigenvalue weighted by Gasteiger charge is -2.11. The van der Waals surface area contributed by atoms with Gasteiger partial charge >= 0.3 is 0 Å². The Labute approximate surface area is 117 Å². The van der Waals surface area contributed by atoms with E-state index in [9.17, 15) is 4.79 Å². The van der Waals surface area contributed by atoms with Gasteiger partial charge in [0.15, 0.2) is 0 Å². The van der Waals surface area contributed by atoms with E-state index < -0.39 is 0 Å². The van der Waals surface area contributed by atoms with E-state index in [0.717, 1.165) is 0 Å². The van der Waals surface area contributed by atoms with Crippen LogP contribution in [0.25, 0.3) is 0 Å².